The number of hydrogen-bond donors (Lipinski definition) is 0. The Bertz CT molecular complexity index is 492. The number of rotatable bonds is 0. The Kier molecular flexibility index (Phi) is 1.58. The molecule has 4 heteroatoms. The average Bonchev–Trinajstić information content (AvgIpc) is 2.56. The normalized spacial score (nSPS) is 15.8. The fraction of sp³-hybridized carbons (Fsp3) is 0.300. The lowest BCUT2D eigenvalue weighted by atomic mass is 10.2. The minimum absolute atomic E-state index is 0.223. The van der Waals surface area contributed by atoms with Gasteiger partial charge in [0.2, 0.25) is 0 Å². The Labute approximate surface area is 80.1 Å². The van der Waals surface area contributed by atoms with Crippen LogP contribution < -0.4 is 0 Å². The largest absolute Gasteiger partial charge is 0.373 e. The summed E-state index contributed by atoms with van der Waals surface area (Å²) in [5, 5.41) is 5.23. The van der Waals surface area contributed by atoms with Crippen molar-refractivity contribution in [1.82, 2.24) is 9.78 Å². The van der Waals surface area contributed by atoms with Crippen LogP contribution in [0, 0.1) is 5.82 Å². The van der Waals surface area contributed by atoms with Gasteiger partial charge in [-0.05, 0) is 18.2 Å². The average molecular weight is 192 g/mol. The molecule has 0 spiro atoms. The summed E-state index contributed by atoms with van der Waals surface area (Å²) >= 11 is 0. The highest BCUT2D eigenvalue weighted by molar-refractivity contribution is 5.81. The molecule has 0 bridgehead atoms. The third-order valence-electron chi connectivity index (χ3n) is 2.50. The smallest absolute Gasteiger partial charge is 0.124 e. The van der Waals surface area contributed by atoms with Crippen molar-refractivity contribution >= 4 is 10.9 Å². The van der Waals surface area contributed by atoms with E-state index in [0.717, 1.165) is 23.1 Å². The minimum Gasteiger partial charge on any atom is -0.373 e. The first-order valence-corrected chi connectivity index (χ1v) is 4.57. The standard InChI is InChI=1S/C10H9FN2O/c11-7-1-2-9-8(5-7)10-6-14-4-3-13(10)12-9/h1-2,5H,3-4,6H2. The summed E-state index contributed by atoms with van der Waals surface area (Å²) in [5.74, 6) is -0.223. The Balaban J connectivity index is 2.32. The Morgan fingerprint density at radius 2 is 2.36 bits per heavy atom. The third kappa shape index (κ3) is 1.04. The fourth-order valence-electron chi connectivity index (χ4n) is 1.81. The number of fused-ring (bicyclic) bond motifs is 3. The van der Waals surface area contributed by atoms with Crippen LogP contribution in [0.4, 0.5) is 4.39 Å². The SMILES string of the molecule is Fc1ccc2nn3c(c2c1)COCC3. The molecular weight excluding hydrogens is 183 g/mol. The molecule has 0 N–H and O–H groups in total. The van der Waals surface area contributed by atoms with E-state index < -0.39 is 0 Å². The van der Waals surface area contributed by atoms with Gasteiger partial charge in [0.25, 0.3) is 0 Å². The number of ether oxygens (including phenoxy) is 1. The Morgan fingerprint density at radius 1 is 1.43 bits per heavy atom. The molecule has 1 aromatic heterocycles. The van der Waals surface area contributed by atoms with Gasteiger partial charge in [-0.1, -0.05) is 0 Å². The molecule has 1 aliphatic heterocycles. The summed E-state index contributed by atoms with van der Waals surface area (Å²) in [6, 6.07) is 4.65. The summed E-state index contributed by atoms with van der Waals surface area (Å²) in [5.41, 5.74) is 1.82. The van der Waals surface area contributed by atoms with Gasteiger partial charge in [0, 0.05) is 5.39 Å². The maximum Gasteiger partial charge on any atom is 0.124 e. The van der Waals surface area contributed by atoms with Crippen LogP contribution in [0.3, 0.4) is 0 Å². The van der Waals surface area contributed by atoms with E-state index in [9.17, 15) is 4.39 Å². The van der Waals surface area contributed by atoms with Crippen molar-refractivity contribution in [3.63, 3.8) is 0 Å². The number of halogens is 1. The van der Waals surface area contributed by atoms with Crippen molar-refractivity contribution in [2.75, 3.05) is 6.61 Å². The van der Waals surface area contributed by atoms with Crippen LogP contribution >= 0.6 is 0 Å². The molecule has 0 unspecified atom stereocenters. The second-order valence-electron chi connectivity index (χ2n) is 3.38. The van der Waals surface area contributed by atoms with Gasteiger partial charge in [0.05, 0.1) is 31.0 Å². The monoisotopic (exact) mass is 192 g/mol. The Morgan fingerprint density at radius 3 is 3.29 bits per heavy atom. The summed E-state index contributed by atoms with van der Waals surface area (Å²) < 4.78 is 20.2. The van der Waals surface area contributed by atoms with Gasteiger partial charge in [-0.2, -0.15) is 5.10 Å². The van der Waals surface area contributed by atoms with E-state index in [4.69, 9.17) is 4.74 Å². The number of aromatic nitrogens is 2. The van der Waals surface area contributed by atoms with Crippen LogP contribution in [-0.4, -0.2) is 16.4 Å². The van der Waals surface area contributed by atoms with Crippen molar-refractivity contribution in [2.24, 2.45) is 0 Å². The van der Waals surface area contributed by atoms with Crippen molar-refractivity contribution in [3.05, 3.63) is 29.7 Å². The van der Waals surface area contributed by atoms with Gasteiger partial charge >= 0.3 is 0 Å². The quantitative estimate of drug-likeness (QED) is 0.635. The predicted molar refractivity (Wildman–Crippen MR) is 49.3 cm³/mol. The summed E-state index contributed by atoms with van der Waals surface area (Å²) in [7, 11) is 0. The van der Waals surface area contributed by atoms with E-state index >= 15 is 0 Å². The predicted octanol–water partition coefficient (Wildman–Crippen LogP) is 1.71. The van der Waals surface area contributed by atoms with E-state index in [1.165, 1.54) is 12.1 Å². The fourth-order valence-corrected chi connectivity index (χ4v) is 1.81. The lowest BCUT2D eigenvalue weighted by Gasteiger charge is -2.13. The van der Waals surface area contributed by atoms with Gasteiger partial charge in [0.1, 0.15) is 5.82 Å². The number of benzene rings is 1. The van der Waals surface area contributed by atoms with E-state index in [1.807, 2.05) is 4.68 Å². The molecule has 0 radical (unpaired) electrons. The van der Waals surface area contributed by atoms with E-state index in [1.54, 1.807) is 6.07 Å². The van der Waals surface area contributed by atoms with Crippen LogP contribution in [0.25, 0.3) is 10.9 Å². The van der Waals surface area contributed by atoms with E-state index in [0.29, 0.717) is 13.2 Å². The summed E-state index contributed by atoms with van der Waals surface area (Å²) in [6.45, 7) is 1.97. The molecule has 0 amide bonds. The first-order valence-electron chi connectivity index (χ1n) is 4.57. The lowest BCUT2D eigenvalue weighted by Crippen LogP contribution is -2.16. The van der Waals surface area contributed by atoms with Gasteiger partial charge < -0.3 is 4.74 Å². The van der Waals surface area contributed by atoms with Crippen LogP contribution in [-0.2, 0) is 17.9 Å². The molecule has 14 heavy (non-hydrogen) atoms. The summed E-state index contributed by atoms with van der Waals surface area (Å²) in [6.07, 6.45) is 0. The molecule has 3 rings (SSSR count). The molecule has 0 aliphatic carbocycles. The lowest BCUT2D eigenvalue weighted by molar-refractivity contribution is 0.0811. The van der Waals surface area contributed by atoms with Crippen molar-refractivity contribution in [2.45, 2.75) is 13.2 Å². The molecule has 1 aromatic carbocycles. The zero-order valence-corrected chi connectivity index (χ0v) is 7.53. The number of hydrogen-bond acceptors (Lipinski definition) is 2. The third-order valence-corrected chi connectivity index (χ3v) is 2.50. The first kappa shape index (κ1) is 7.94. The van der Waals surface area contributed by atoms with Gasteiger partial charge in [-0.15, -0.1) is 0 Å². The van der Waals surface area contributed by atoms with Gasteiger partial charge in [-0.3, -0.25) is 4.68 Å². The minimum atomic E-state index is -0.223. The van der Waals surface area contributed by atoms with Crippen LogP contribution in [0.15, 0.2) is 18.2 Å². The van der Waals surface area contributed by atoms with Gasteiger partial charge in [-0.25, -0.2) is 4.39 Å². The zero-order valence-electron chi connectivity index (χ0n) is 7.53. The molecule has 0 atom stereocenters. The van der Waals surface area contributed by atoms with Crippen molar-refractivity contribution in [1.29, 1.82) is 0 Å². The van der Waals surface area contributed by atoms with Crippen LogP contribution in [0.1, 0.15) is 5.69 Å². The molecule has 72 valence electrons. The second kappa shape index (κ2) is 2.78. The topological polar surface area (TPSA) is 27.1 Å². The second-order valence-corrected chi connectivity index (χ2v) is 3.38. The Hall–Kier alpha value is -1.42. The van der Waals surface area contributed by atoms with E-state index in [-0.39, 0.29) is 5.82 Å². The molecule has 2 aromatic rings. The molecule has 0 fully saturated rings. The molecule has 0 saturated carbocycles. The highest BCUT2D eigenvalue weighted by Crippen LogP contribution is 2.22. The maximum atomic E-state index is 13.0. The maximum absolute atomic E-state index is 13.0. The van der Waals surface area contributed by atoms with Crippen LogP contribution in [0.5, 0.6) is 0 Å². The van der Waals surface area contributed by atoms with Crippen molar-refractivity contribution in [3.8, 4) is 0 Å². The van der Waals surface area contributed by atoms with Gasteiger partial charge in [0.15, 0.2) is 0 Å². The molecule has 3 nitrogen and oxygen atoms in total. The number of nitrogens with zero attached hydrogens (tertiary/aromatic N) is 2. The molecule has 0 saturated heterocycles. The molecule has 2 heterocycles. The van der Waals surface area contributed by atoms with Crippen LogP contribution in [0.2, 0.25) is 0 Å². The van der Waals surface area contributed by atoms with E-state index in [2.05, 4.69) is 5.10 Å². The summed E-state index contributed by atoms with van der Waals surface area (Å²) in [4.78, 5) is 0. The highest BCUT2D eigenvalue weighted by Gasteiger charge is 2.15. The first-order chi connectivity index (χ1) is 6.84. The zero-order chi connectivity index (χ0) is 9.54. The molecular formula is C10H9FN2O. The molecule has 1 aliphatic rings. The highest BCUT2D eigenvalue weighted by atomic mass is 19.1. The van der Waals surface area contributed by atoms with Crippen molar-refractivity contribution < 1.29 is 9.13 Å².